The number of aryl methyl sites for hydroxylation is 1. The van der Waals surface area contributed by atoms with Crippen LogP contribution in [0.1, 0.15) is 29.3 Å². The number of aromatic nitrogens is 1. The number of pyridine rings is 1. The number of carbonyl (C=O) groups excluding carboxylic acids is 3. The molecule has 0 unspecified atom stereocenters. The molecule has 0 saturated heterocycles. The van der Waals surface area contributed by atoms with E-state index in [1.165, 1.54) is 6.20 Å². The number of rotatable bonds is 5. The lowest BCUT2D eigenvalue weighted by Gasteiger charge is -2.01. The molecule has 0 aliphatic heterocycles. The van der Waals surface area contributed by atoms with E-state index in [1.54, 1.807) is 26.1 Å². The van der Waals surface area contributed by atoms with Gasteiger partial charge in [0, 0.05) is 18.0 Å². The lowest BCUT2D eigenvalue weighted by atomic mass is 10.1. The van der Waals surface area contributed by atoms with E-state index in [-0.39, 0.29) is 6.61 Å². The first-order chi connectivity index (χ1) is 8.04. The average Bonchev–Trinajstić information content (AvgIpc) is 2.29. The van der Waals surface area contributed by atoms with E-state index in [0.717, 1.165) is 5.56 Å². The standard InChI is InChI=1S/C12H13NO4/c1-3-17-12(16)11(15)5-10(14)9-4-8(2)6-13-7-9/h4,6-7H,3,5H2,1-2H3. The topological polar surface area (TPSA) is 73.3 Å². The summed E-state index contributed by atoms with van der Waals surface area (Å²) in [6, 6.07) is 1.62. The highest BCUT2D eigenvalue weighted by molar-refractivity contribution is 6.38. The molecule has 0 aliphatic rings. The molecular formula is C12H13NO4. The van der Waals surface area contributed by atoms with Crippen molar-refractivity contribution in [2.75, 3.05) is 6.61 Å². The molecule has 0 N–H and O–H groups in total. The van der Waals surface area contributed by atoms with Crippen molar-refractivity contribution < 1.29 is 19.1 Å². The number of ketones is 2. The second kappa shape index (κ2) is 5.89. The molecule has 1 aromatic heterocycles. The Bertz CT molecular complexity index is 454. The largest absolute Gasteiger partial charge is 0.460 e. The summed E-state index contributed by atoms with van der Waals surface area (Å²) in [5.74, 6) is -2.24. The summed E-state index contributed by atoms with van der Waals surface area (Å²) in [5, 5.41) is 0. The van der Waals surface area contributed by atoms with Crippen LogP contribution >= 0.6 is 0 Å². The molecular weight excluding hydrogens is 222 g/mol. The van der Waals surface area contributed by atoms with Crippen LogP contribution in [0.2, 0.25) is 0 Å². The third-order valence-corrected chi connectivity index (χ3v) is 2.02. The van der Waals surface area contributed by atoms with Crippen LogP contribution < -0.4 is 0 Å². The first-order valence-corrected chi connectivity index (χ1v) is 5.19. The second-order valence-corrected chi connectivity index (χ2v) is 3.49. The Hall–Kier alpha value is -2.04. The molecule has 0 atom stereocenters. The summed E-state index contributed by atoms with van der Waals surface area (Å²) in [7, 11) is 0. The molecule has 1 heterocycles. The lowest BCUT2D eigenvalue weighted by Crippen LogP contribution is -2.20. The normalized spacial score (nSPS) is 9.76. The Morgan fingerprint density at radius 1 is 1.29 bits per heavy atom. The molecule has 17 heavy (non-hydrogen) atoms. The highest BCUT2D eigenvalue weighted by atomic mass is 16.5. The van der Waals surface area contributed by atoms with Crippen molar-refractivity contribution in [1.82, 2.24) is 4.98 Å². The van der Waals surface area contributed by atoms with Crippen molar-refractivity contribution in [3.8, 4) is 0 Å². The first kappa shape index (κ1) is 13.0. The number of hydrogen-bond acceptors (Lipinski definition) is 5. The molecule has 90 valence electrons. The molecule has 1 aromatic rings. The quantitative estimate of drug-likeness (QED) is 0.330. The Morgan fingerprint density at radius 2 is 2.00 bits per heavy atom. The van der Waals surface area contributed by atoms with Crippen LogP contribution in [0.25, 0.3) is 0 Å². The van der Waals surface area contributed by atoms with E-state index in [4.69, 9.17) is 0 Å². The molecule has 5 heteroatoms. The van der Waals surface area contributed by atoms with Gasteiger partial charge in [-0.3, -0.25) is 14.6 Å². The molecule has 0 fully saturated rings. The maximum Gasteiger partial charge on any atom is 0.375 e. The molecule has 0 amide bonds. The third kappa shape index (κ3) is 3.79. The van der Waals surface area contributed by atoms with E-state index in [9.17, 15) is 14.4 Å². The fourth-order valence-electron chi connectivity index (χ4n) is 1.24. The summed E-state index contributed by atoms with van der Waals surface area (Å²) in [5.41, 5.74) is 1.14. The fourth-order valence-corrected chi connectivity index (χ4v) is 1.24. The van der Waals surface area contributed by atoms with Gasteiger partial charge in [-0.05, 0) is 25.5 Å². The van der Waals surface area contributed by atoms with Crippen LogP contribution in [0.5, 0.6) is 0 Å². The zero-order chi connectivity index (χ0) is 12.8. The molecule has 1 rings (SSSR count). The monoisotopic (exact) mass is 235 g/mol. The van der Waals surface area contributed by atoms with E-state index in [2.05, 4.69) is 9.72 Å². The van der Waals surface area contributed by atoms with Crippen molar-refractivity contribution in [3.63, 3.8) is 0 Å². The minimum atomic E-state index is -0.971. The minimum Gasteiger partial charge on any atom is -0.460 e. The van der Waals surface area contributed by atoms with Gasteiger partial charge >= 0.3 is 5.97 Å². The lowest BCUT2D eigenvalue weighted by molar-refractivity contribution is -0.153. The van der Waals surface area contributed by atoms with Gasteiger partial charge in [0.15, 0.2) is 5.78 Å². The van der Waals surface area contributed by atoms with Crippen LogP contribution in [0, 0.1) is 6.92 Å². The zero-order valence-corrected chi connectivity index (χ0v) is 9.73. The first-order valence-electron chi connectivity index (χ1n) is 5.19. The van der Waals surface area contributed by atoms with E-state index in [0.29, 0.717) is 5.56 Å². The molecule has 0 radical (unpaired) electrons. The summed E-state index contributed by atoms with van der Waals surface area (Å²) < 4.78 is 4.51. The summed E-state index contributed by atoms with van der Waals surface area (Å²) >= 11 is 0. The SMILES string of the molecule is CCOC(=O)C(=O)CC(=O)c1cncc(C)c1. The predicted molar refractivity (Wildman–Crippen MR) is 59.6 cm³/mol. The summed E-state index contributed by atoms with van der Waals surface area (Å²) in [6.45, 7) is 3.50. The molecule has 0 aromatic carbocycles. The molecule has 5 nitrogen and oxygen atoms in total. The fraction of sp³-hybridized carbons (Fsp3) is 0.333. The smallest absolute Gasteiger partial charge is 0.375 e. The highest BCUT2D eigenvalue weighted by Gasteiger charge is 2.20. The summed E-state index contributed by atoms with van der Waals surface area (Å²) in [6.07, 6.45) is 2.49. The van der Waals surface area contributed by atoms with Crippen molar-refractivity contribution in [3.05, 3.63) is 29.6 Å². The number of nitrogens with zero attached hydrogens (tertiary/aromatic N) is 1. The number of Topliss-reactive ketones (excluding diaryl/α,β-unsaturated/α-hetero) is 2. The average molecular weight is 235 g/mol. The van der Waals surface area contributed by atoms with Gasteiger partial charge in [0.2, 0.25) is 5.78 Å². The maximum absolute atomic E-state index is 11.6. The Morgan fingerprint density at radius 3 is 2.59 bits per heavy atom. The van der Waals surface area contributed by atoms with Gasteiger partial charge in [0.1, 0.15) is 0 Å². The van der Waals surface area contributed by atoms with Gasteiger partial charge in [-0.25, -0.2) is 4.79 Å². The van der Waals surface area contributed by atoms with Gasteiger partial charge in [-0.15, -0.1) is 0 Å². The molecule has 0 bridgehead atoms. The van der Waals surface area contributed by atoms with Crippen LogP contribution in [0.15, 0.2) is 18.5 Å². The predicted octanol–water partition coefficient (Wildman–Crippen LogP) is 1.10. The van der Waals surface area contributed by atoms with Gasteiger partial charge in [-0.1, -0.05) is 0 Å². The van der Waals surface area contributed by atoms with Crippen LogP contribution in [0.3, 0.4) is 0 Å². The number of esters is 1. The molecule has 0 saturated carbocycles. The van der Waals surface area contributed by atoms with Gasteiger partial charge in [0.05, 0.1) is 13.0 Å². The number of ether oxygens (including phenoxy) is 1. The molecule has 0 spiro atoms. The maximum atomic E-state index is 11.6. The van der Waals surface area contributed by atoms with Crippen molar-refractivity contribution in [2.24, 2.45) is 0 Å². The third-order valence-electron chi connectivity index (χ3n) is 2.02. The Balaban J connectivity index is 2.67. The van der Waals surface area contributed by atoms with E-state index < -0.39 is 24.0 Å². The highest BCUT2D eigenvalue weighted by Crippen LogP contribution is 2.05. The van der Waals surface area contributed by atoms with Crippen molar-refractivity contribution in [1.29, 1.82) is 0 Å². The van der Waals surface area contributed by atoms with Crippen LogP contribution in [-0.2, 0) is 14.3 Å². The zero-order valence-electron chi connectivity index (χ0n) is 9.73. The van der Waals surface area contributed by atoms with Crippen molar-refractivity contribution >= 4 is 17.5 Å². The van der Waals surface area contributed by atoms with Crippen molar-refractivity contribution in [2.45, 2.75) is 20.3 Å². The van der Waals surface area contributed by atoms with Gasteiger partial charge in [0.25, 0.3) is 0 Å². The minimum absolute atomic E-state index is 0.116. The van der Waals surface area contributed by atoms with Gasteiger partial charge in [-0.2, -0.15) is 0 Å². The summed E-state index contributed by atoms with van der Waals surface area (Å²) in [4.78, 5) is 37.8. The Labute approximate surface area is 98.8 Å². The van der Waals surface area contributed by atoms with E-state index in [1.807, 2.05) is 0 Å². The van der Waals surface area contributed by atoms with Crippen LogP contribution in [-0.4, -0.2) is 29.1 Å². The number of carbonyl (C=O) groups is 3. The van der Waals surface area contributed by atoms with Gasteiger partial charge < -0.3 is 4.74 Å². The second-order valence-electron chi connectivity index (χ2n) is 3.49. The Kier molecular flexibility index (Phi) is 4.51. The molecule has 0 aliphatic carbocycles. The van der Waals surface area contributed by atoms with Crippen LogP contribution in [0.4, 0.5) is 0 Å². The van der Waals surface area contributed by atoms with E-state index >= 15 is 0 Å². The number of hydrogen-bond donors (Lipinski definition) is 0.